The Morgan fingerprint density at radius 3 is 3.12 bits per heavy atom. The second kappa shape index (κ2) is 8.12. The average Bonchev–Trinajstić information content (AvgIpc) is 3.25. The van der Waals surface area contributed by atoms with Crippen LogP contribution in [0.15, 0.2) is 17.5 Å². The first-order valence-corrected chi connectivity index (χ1v) is 9.52. The number of aromatic nitrogens is 2. The lowest BCUT2D eigenvalue weighted by Crippen LogP contribution is -2.39. The van der Waals surface area contributed by atoms with Gasteiger partial charge in [0.1, 0.15) is 0 Å². The van der Waals surface area contributed by atoms with E-state index in [9.17, 15) is 4.79 Å². The molecule has 0 fully saturated rings. The monoisotopic (exact) mass is 362 g/mol. The van der Waals surface area contributed by atoms with E-state index in [-0.39, 0.29) is 5.91 Å². The first kappa shape index (κ1) is 18.1. The van der Waals surface area contributed by atoms with Crippen LogP contribution in [0.3, 0.4) is 0 Å². The summed E-state index contributed by atoms with van der Waals surface area (Å²) in [5.41, 5.74) is 2.88. The molecule has 0 saturated carbocycles. The molecule has 1 aliphatic carbocycles. The molecule has 0 aromatic carbocycles. The molecule has 1 atom stereocenters. The third kappa shape index (κ3) is 4.11. The summed E-state index contributed by atoms with van der Waals surface area (Å²) in [6, 6.07) is 4.45. The quantitative estimate of drug-likeness (QED) is 0.817. The Balaban J connectivity index is 1.71. The minimum atomic E-state index is -0.0783. The number of thiophene rings is 1. The first-order valence-electron chi connectivity index (χ1n) is 8.64. The number of hydrogen-bond donors (Lipinski definition) is 1. The van der Waals surface area contributed by atoms with E-state index in [0.717, 1.165) is 42.9 Å². The van der Waals surface area contributed by atoms with Crippen molar-refractivity contribution in [3.63, 3.8) is 0 Å². The van der Waals surface area contributed by atoms with Gasteiger partial charge in [-0.05, 0) is 37.8 Å². The van der Waals surface area contributed by atoms with Gasteiger partial charge in [-0.15, -0.1) is 11.3 Å². The lowest BCUT2D eigenvalue weighted by atomic mass is 9.90. The van der Waals surface area contributed by atoms with Crippen LogP contribution in [0.5, 0.6) is 0 Å². The molecule has 0 saturated heterocycles. The number of hydrogen-bond acceptors (Lipinski definition) is 5. The summed E-state index contributed by atoms with van der Waals surface area (Å²) in [5, 5.41) is 9.54. The number of nitrogens with one attached hydrogen (secondary N) is 1. The van der Waals surface area contributed by atoms with Gasteiger partial charge >= 0.3 is 0 Å². The molecule has 0 radical (unpaired) electrons. The van der Waals surface area contributed by atoms with Gasteiger partial charge in [0.25, 0.3) is 5.91 Å². The van der Waals surface area contributed by atoms with Crippen molar-refractivity contribution in [2.45, 2.75) is 31.8 Å². The van der Waals surface area contributed by atoms with E-state index in [2.05, 4.69) is 22.4 Å². The standard InChI is InChI=1S/C18H26N4O2S/c1-21(8-9-24-3)13-6-7-16-15(11-13)17(20-22(16)2)18(23)19-12-14-5-4-10-25-14/h4-5,10,13H,6-9,11-12H2,1-3H3,(H,19,23). The highest BCUT2D eigenvalue weighted by atomic mass is 32.1. The lowest BCUT2D eigenvalue weighted by molar-refractivity contribution is 0.0943. The van der Waals surface area contributed by atoms with Crippen LogP contribution >= 0.6 is 11.3 Å². The molecule has 1 unspecified atom stereocenters. The highest BCUT2D eigenvalue weighted by Crippen LogP contribution is 2.26. The maximum Gasteiger partial charge on any atom is 0.272 e. The Morgan fingerprint density at radius 1 is 1.56 bits per heavy atom. The van der Waals surface area contributed by atoms with Crippen molar-refractivity contribution >= 4 is 17.2 Å². The molecule has 2 aromatic rings. The number of carbonyl (C=O) groups is 1. The summed E-state index contributed by atoms with van der Waals surface area (Å²) in [5.74, 6) is -0.0783. The van der Waals surface area contributed by atoms with Gasteiger partial charge in [-0.2, -0.15) is 5.10 Å². The number of fused-ring (bicyclic) bond motifs is 1. The van der Waals surface area contributed by atoms with Crippen LogP contribution in [0.4, 0.5) is 0 Å². The lowest BCUT2D eigenvalue weighted by Gasteiger charge is -2.31. The van der Waals surface area contributed by atoms with E-state index in [1.54, 1.807) is 18.4 Å². The fourth-order valence-corrected chi connectivity index (χ4v) is 4.06. The third-order valence-electron chi connectivity index (χ3n) is 4.92. The van der Waals surface area contributed by atoms with Gasteiger partial charge in [0, 0.05) is 42.9 Å². The number of likely N-dealkylation sites (N-methyl/N-ethyl adjacent to an activating group) is 1. The highest BCUT2D eigenvalue weighted by molar-refractivity contribution is 7.09. The summed E-state index contributed by atoms with van der Waals surface area (Å²) in [4.78, 5) is 16.1. The molecule has 25 heavy (non-hydrogen) atoms. The van der Waals surface area contributed by atoms with Crippen LogP contribution in [0.25, 0.3) is 0 Å². The normalized spacial score (nSPS) is 16.9. The zero-order valence-electron chi connectivity index (χ0n) is 15.1. The van der Waals surface area contributed by atoms with Crippen molar-refractivity contribution < 1.29 is 9.53 Å². The molecule has 3 rings (SSSR count). The minimum Gasteiger partial charge on any atom is -0.383 e. The summed E-state index contributed by atoms with van der Waals surface area (Å²) >= 11 is 1.65. The second-order valence-electron chi connectivity index (χ2n) is 6.53. The molecule has 6 nitrogen and oxygen atoms in total. The fraction of sp³-hybridized carbons (Fsp3) is 0.556. The molecule has 0 aliphatic heterocycles. The number of ether oxygens (including phenoxy) is 1. The van der Waals surface area contributed by atoms with Crippen LogP contribution in [0.1, 0.15) is 33.0 Å². The molecule has 1 aliphatic rings. The Labute approximate surface area is 152 Å². The molecular weight excluding hydrogens is 336 g/mol. The van der Waals surface area contributed by atoms with Gasteiger partial charge in [0.2, 0.25) is 0 Å². The second-order valence-corrected chi connectivity index (χ2v) is 7.56. The maximum atomic E-state index is 12.7. The van der Waals surface area contributed by atoms with Crippen molar-refractivity contribution in [2.24, 2.45) is 7.05 Å². The molecular formula is C18H26N4O2S. The summed E-state index contributed by atoms with van der Waals surface area (Å²) in [6.07, 6.45) is 2.91. The van der Waals surface area contributed by atoms with Gasteiger partial charge in [-0.3, -0.25) is 9.48 Å². The third-order valence-corrected chi connectivity index (χ3v) is 5.80. The maximum absolute atomic E-state index is 12.7. The van der Waals surface area contributed by atoms with Crippen molar-refractivity contribution in [1.82, 2.24) is 20.0 Å². The van der Waals surface area contributed by atoms with Gasteiger partial charge in [-0.1, -0.05) is 6.07 Å². The molecule has 2 heterocycles. The topological polar surface area (TPSA) is 59.4 Å². The SMILES string of the molecule is COCCN(C)C1CCc2c(c(C(=O)NCc3cccs3)nn2C)C1. The van der Waals surface area contributed by atoms with Crippen LogP contribution in [0.2, 0.25) is 0 Å². The van der Waals surface area contributed by atoms with Crippen LogP contribution in [-0.4, -0.2) is 53.9 Å². The van der Waals surface area contributed by atoms with E-state index < -0.39 is 0 Å². The number of rotatable bonds is 7. The van der Waals surface area contributed by atoms with E-state index in [1.165, 1.54) is 5.69 Å². The van der Waals surface area contributed by atoms with Gasteiger partial charge < -0.3 is 15.0 Å². The molecule has 1 amide bonds. The Bertz CT molecular complexity index is 711. The zero-order valence-corrected chi connectivity index (χ0v) is 15.9. The number of methoxy groups -OCH3 is 1. The molecule has 2 aromatic heterocycles. The highest BCUT2D eigenvalue weighted by Gasteiger charge is 2.29. The summed E-state index contributed by atoms with van der Waals surface area (Å²) < 4.78 is 7.06. The zero-order chi connectivity index (χ0) is 17.8. The van der Waals surface area contributed by atoms with Gasteiger partial charge in [0.15, 0.2) is 5.69 Å². The average molecular weight is 362 g/mol. The van der Waals surface area contributed by atoms with E-state index >= 15 is 0 Å². The van der Waals surface area contributed by atoms with E-state index in [0.29, 0.717) is 18.3 Å². The summed E-state index contributed by atoms with van der Waals surface area (Å²) in [7, 11) is 5.79. The Kier molecular flexibility index (Phi) is 5.88. The number of carbonyl (C=O) groups excluding carboxylic acids is 1. The molecule has 0 bridgehead atoms. The smallest absolute Gasteiger partial charge is 0.272 e. The van der Waals surface area contributed by atoms with Crippen molar-refractivity contribution in [3.8, 4) is 0 Å². The van der Waals surface area contributed by atoms with Crippen LogP contribution in [0, 0.1) is 0 Å². The number of aryl methyl sites for hydroxylation is 1. The molecule has 136 valence electrons. The van der Waals surface area contributed by atoms with Gasteiger partial charge in [-0.25, -0.2) is 0 Å². The van der Waals surface area contributed by atoms with Crippen molar-refractivity contribution in [3.05, 3.63) is 39.3 Å². The molecule has 7 heteroatoms. The number of nitrogens with zero attached hydrogens (tertiary/aromatic N) is 3. The molecule has 1 N–H and O–H groups in total. The summed E-state index contributed by atoms with van der Waals surface area (Å²) in [6.45, 7) is 2.18. The van der Waals surface area contributed by atoms with Crippen LogP contribution in [-0.2, 0) is 31.2 Å². The van der Waals surface area contributed by atoms with E-state index in [4.69, 9.17) is 4.74 Å². The van der Waals surface area contributed by atoms with Crippen molar-refractivity contribution in [2.75, 3.05) is 27.3 Å². The Morgan fingerprint density at radius 2 is 2.40 bits per heavy atom. The minimum absolute atomic E-state index is 0.0783. The first-order chi connectivity index (χ1) is 12.1. The molecule has 0 spiro atoms. The van der Waals surface area contributed by atoms with Crippen LogP contribution < -0.4 is 5.32 Å². The predicted octanol–water partition coefficient (Wildman–Crippen LogP) is 1.85. The fourth-order valence-electron chi connectivity index (χ4n) is 3.41. The Hall–Kier alpha value is -1.70. The van der Waals surface area contributed by atoms with Crippen molar-refractivity contribution in [1.29, 1.82) is 0 Å². The van der Waals surface area contributed by atoms with E-state index in [1.807, 2.05) is 29.2 Å². The van der Waals surface area contributed by atoms with Gasteiger partial charge in [0.05, 0.1) is 13.2 Å². The largest absolute Gasteiger partial charge is 0.383 e. The predicted molar refractivity (Wildman–Crippen MR) is 99.0 cm³/mol. The number of amides is 1.